The van der Waals surface area contributed by atoms with Gasteiger partial charge in [-0.15, -0.1) is 0 Å². The Hall–Kier alpha value is -3.41. The number of anilines is 1. The Morgan fingerprint density at radius 1 is 0.696 bits per heavy atom. The Bertz CT molecular complexity index is 1460. The summed E-state index contributed by atoms with van der Waals surface area (Å²) in [4.78, 5) is 22.1. The largest absolute Gasteiger partial charge is 0.382 e. The monoisotopic (exact) mass is 625 g/mol. The molecule has 6 nitrogen and oxygen atoms in total. The van der Waals surface area contributed by atoms with Crippen LogP contribution in [0.1, 0.15) is 146 Å². The van der Waals surface area contributed by atoms with E-state index in [2.05, 4.69) is 59.0 Å². The number of aryl methyl sites for hydroxylation is 1. The van der Waals surface area contributed by atoms with Crippen molar-refractivity contribution < 1.29 is 4.79 Å². The number of imidazole rings is 1. The van der Waals surface area contributed by atoms with Crippen LogP contribution >= 0.6 is 0 Å². The van der Waals surface area contributed by atoms with Crippen molar-refractivity contribution in [3.8, 4) is 0 Å². The number of carbonyl (C=O) groups excluding carboxylic acids is 1. The molecule has 3 N–H and O–H groups in total. The maximum absolute atomic E-state index is 12.5. The van der Waals surface area contributed by atoms with Crippen LogP contribution in [0.25, 0.3) is 21.9 Å². The molecule has 0 saturated carbocycles. The number of rotatable bonds is 23. The summed E-state index contributed by atoms with van der Waals surface area (Å²) >= 11 is 0. The van der Waals surface area contributed by atoms with Crippen molar-refractivity contribution in [3.05, 3.63) is 65.5 Å². The van der Waals surface area contributed by atoms with Crippen LogP contribution < -0.4 is 11.1 Å². The van der Waals surface area contributed by atoms with Gasteiger partial charge in [0.25, 0.3) is 0 Å². The Balaban J connectivity index is 1.15. The zero-order valence-corrected chi connectivity index (χ0v) is 28.8. The minimum absolute atomic E-state index is 0.155. The molecule has 2 aromatic carbocycles. The van der Waals surface area contributed by atoms with E-state index in [0.717, 1.165) is 72.0 Å². The smallest absolute Gasteiger partial charge is 0.220 e. The Labute approximate surface area is 278 Å². The molecule has 0 fully saturated rings. The van der Waals surface area contributed by atoms with Gasteiger partial charge in [0, 0.05) is 31.3 Å². The molecule has 2 aromatic heterocycles. The number of nitrogens with zero attached hydrogens (tertiary/aromatic N) is 3. The van der Waals surface area contributed by atoms with Crippen LogP contribution in [0.2, 0.25) is 0 Å². The molecule has 2 heterocycles. The number of nitrogen functional groups attached to an aromatic ring is 1. The van der Waals surface area contributed by atoms with E-state index in [1.165, 1.54) is 89.0 Å². The predicted molar refractivity (Wildman–Crippen MR) is 195 cm³/mol. The number of amides is 1. The van der Waals surface area contributed by atoms with E-state index in [1.54, 1.807) is 0 Å². The van der Waals surface area contributed by atoms with Gasteiger partial charge in [-0.1, -0.05) is 153 Å². The van der Waals surface area contributed by atoms with E-state index >= 15 is 0 Å². The van der Waals surface area contributed by atoms with Gasteiger partial charge in [0.05, 0.1) is 11.0 Å². The lowest BCUT2D eigenvalue weighted by molar-refractivity contribution is -0.121. The van der Waals surface area contributed by atoms with E-state index in [1.807, 2.05) is 18.2 Å². The molecule has 250 valence electrons. The fourth-order valence-corrected chi connectivity index (χ4v) is 6.49. The molecule has 1 amide bonds. The van der Waals surface area contributed by atoms with Gasteiger partial charge >= 0.3 is 0 Å². The van der Waals surface area contributed by atoms with Crippen molar-refractivity contribution in [2.75, 3.05) is 5.73 Å². The first-order chi connectivity index (χ1) is 22.6. The second-order valence-corrected chi connectivity index (χ2v) is 13.2. The molecule has 0 radical (unpaired) electrons. The highest BCUT2D eigenvalue weighted by atomic mass is 16.1. The SMILES string of the molecule is CCCCCCCCCCCCCCCCCC(=O)NCc1ccc(Cn2c(CCCC)nc3c(N)nc4ccccc4c32)cc1. The zero-order chi connectivity index (χ0) is 32.4. The van der Waals surface area contributed by atoms with Gasteiger partial charge in [-0.05, 0) is 30.0 Å². The molecule has 4 rings (SSSR count). The molecule has 0 aliphatic carbocycles. The lowest BCUT2D eigenvalue weighted by Crippen LogP contribution is -2.22. The van der Waals surface area contributed by atoms with E-state index in [9.17, 15) is 4.79 Å². The van der Waals surface area contributed by atoms with Crippen LogP contribution in [-0.2, 0) is 24.3 Å². The van der Waals surface area contributed by atoms with Crippen molar-refractivity contribution in [2.24, 2.45) is 0 Å². The summed E-state index contributed by atoms with van der Waals surface area (Å²) in [5.74, 6) is 1.69. The van der Waals surface area contributed by atoms with Crippen LogP contribution in [0, 0.1) is 0 Å². The van der Waals surface area contributed by atoms with Gasteiger partial charge in [-0.25, -0.2) is 9.97 Å². The van der Waals surface area contributed by atoms with Crippen molar-refractivity contribution >= 4 is 33.7 Å². The summed E-state index contributed by atoms with van der Waals surface area (Å²) in [6.45, 7) is 5.77. The van der Waals surface area contributed by atoms with E-state index in [4.69, 9.17) is 10.7 Å². The van der Waals surface area contributed by atoms with Gasteiger partial charge in [-0.2, -0.15) is 0 Å². The highest BCUT2D eigenvalue weighted by Gasteiger charge is 2.17. The minimum atomic E-state index is 0.155. The molecule has 0 saturated heterocycles. The van der Waals surface area contributed by atoms with Crippen molar-refractivity contribution in [3.63, 3.8) is 0 Å². The molecule has 0 aliphatic heterocycles. The third-order valence-electron chi connectivity index (χ3n) is 9.30. The normalized spacial score (nSPS) is 11.5. The topological polar surface area (TPSA) is 85.8 Å². The number of hydrogen-bond donors (Lipinski definition) is 2. The highest BCUT2D eigenvalue weighted by Crippen LogP contribution is 2.30. The first kappa shape index (κ1) is 35.4. The number of aromatic nitrogens is 3. The van der Waals surface area contributed by atoms with Crippen LogP contribution in [0.3, 0.4) is 0 Å². The quantitative estimate of drug-likeness (QED) is 0.0803. The minimum Gasteiger partial charge on any atom is -0.382 e. The average molecular weight is 626 g/mol. The average Bonchev–Trinajstić information content (AvgIpc) is 3.44. The maximum atomic E-state index is 12.5. The number of nitrogens with one attached hydrogen (secondary N) is 1. The standard InChI is InChI=1S/C40H59N5O/c1-3-5-7-8-9-10-11-12-13-14-15-16-17-18-19-25-37(46)42-30-32-26-28-33(29-27-32)31-45-36(24-6-4-2)44-38-39(45)34-22-20-21-23-35(34)43-40(38)41/h20-23,26-29H,3-19,24-25,30-31H2,1-2H3,(H2,41,43)(H,42,46). The molecule has 0 atom stereocenters. The zero-order valence-electron chi connectivity index (χ0n) is 28.8. The molecule has 4 aromatic rings. The molecule has 0 aliphatic rings. The summed E-state index contributed by atoms with van der Waals surface area (Å²) < 4.78 is 2.32. The predicted octanol–water partition coefficient (Wildman–Crippen LogP) is 10.4. The number of unbranched alkanes of at least 4 members (excludes halogenated alkanes) is 15. The number of fused-ring (bicyclic) bond motifs is 3. The molecule has 0 spiro atoms. The fraction of sp³-hybridized carbons (Fsp3) is 0.575. The summed E-state index contributed by atoms with van der Waals surface area (Å²) in [5.41, 5.74) is 11.4. The van der Waals surface area contributed by atoms with Crippen molar-refractivity contribution in [2.45, 2.75) is 149 Å². The van der Waals surface area contributed by atoms with Crippen molar-refractivity contribution in [1.82, 2.24) is 19.9 Å². The summed E-state index contributed by atoms with van der Waals surface area (Å²) in [7, 11) is 0. The van der Waals surface area contributed by atoms with E-state index < -0.39 is 0 Å². The third-order valence-corrected chi connectivity index (χ3v) is 9.30. The number of hydrogen-bond acceptors (Lipinski definition) is 4. The lowest BCUT2D eigenvalue weighted by Gasteiger charge is -2.12. The highest BCUT2D eigenvalue weighted by molar-refractivity contribution is 6.06. The van der Waals surface area contributed by atoms with E-state index in [0.29, 0.717) is 18.8 Å². The van der Waals surface area contributed by atoms with Gasteiger partial charge in [0.15, 0.2) is 5.82 Å². The van der Waals surface area contributed by atoms with Gasteiger partial charge in [0.1, 0.15) is 11.3 Å². The summed E-state index contributed by atoms with van der Waals surface area (Å²) in [6, 6.07) is 16.7. The number of pyridine rings is 1. The number of benzene rings is 2. The Kier molecular flexibility index (Phi) is 15.4. The summed E-state index contributed by atoms with van der Waals surface area (Å²) in [5, 5.41) is 4.20. The molecular formula is C40H59N5O. The van der Waals surface area contributed by atoms with Gasteiger partial charge in [-0.3, -0.25) is 4.79 Å². The van der Waals surface area contributed by atoms with E-state index in [-0.39, 0.29) is 5.91 Å². The molecule has 0 bridgehead atoms. The summed E-state index contributed by atoms with van der Waals surface area (Å²) in [6.07, 6.45) is 23.8. The maximum Gasteiger partial charge on any atom is 0.220 e. The van der Waals surface area contributed by atoms with Gasteiger partial charge in [0.2, 0.25) is 5.91 Å². The lowest BCUT2D eigenvalue weighted by atomic mass is 10.0. The number of para-hydroxylation sites is 1. The van der Waals surface area contributed by atoms with Crippen LogP contribution in [0.15, 0.2) is 48.5 Å². The number of nitrogens with two attached hydrogens (primary N) is 1. The number of carbonyl (C=O) groups is 1. The van der Waals surface area contributed by atoms with Crippen LogP contribution in [-0.4, -0.2) is 20.4 Å². The second kappa shape index (κ2) is 20.0. The van der Waals surface area contributed by atoms with Crippen LogP contribution in [0.5, 0.6) is 0 Å². The second-order valence-electron chi connectivity index (χ2n) is 13.2. The Morgan fingerprint density at radius 3 is 1.89 bits per heavy atom. The molecule has 46 heavy (non-hydrogen) atoms. The first-order valence-corrected chi connectivity index (χ1v) is 18.5. The molecule has 6 heteroatoms. The third kappa shape index (κ3) is 11.1. The van der Waals surface area contributed by atoms with Crippen LogP contribution in [0.4, 0.5) is 5.82 Å². The first-order valence-electron chi connectivity index (χ1n) is 18.5. The van der Waals surface area contributed by atoms with Crippen molar-refractivity contribution in [1.29, 1.82) is 0 Å². The molecular weight excluding hydrogens is 566 g/mol. The van der Waals surface area contributed by atoms with Gasteiger partial charge < -0.3 is 15.6 Å². The fourth-order valence-electron chi connectivity index (χ4n) is 6.49. The Morgan fingerprint density at radius 2 is 1.26 bits per heavy atom. The molecule has 0 unspecified atom stereocenters.